The lowest BCUT2D eigenvalue weighted by Crippen LogP contribution is -2.11. The zero-order valence-electron chi connectivity index (χ0n) is 17.8. The molecule has 0 fully saturated rings. The molecule has 0 aliphatic rings. The molecule has 8 nitrogen and oxygen atoms in total. The fraction of sp³-hybridized carbons (Fsp3) is 0.650. The van der Waals surface area contributed by atoms with Crippen LogP contribution in [0.1, 0.15) is 25.8 Å². The Morgan fingerprint density at radius 3 is 2.03 bits per heavy atom. The SMILES string of the molecule is CCOCCOc1ccc(CCC(=O)CP(=O)(OC)OC)cc1OCCOCC. The van der Waals surface area contributed by atoms with Crippen LogP contribution < -0.4 is 9.47 Å². The molecule has 0 unspecified atom stereocenters. The van der Waals surface area contributed by atoms with E-state index >= 15 is 0 Å². The lowest BCUT2D eigenvalue weighted by molar-refractivity contribution is -0.116. The third kappa shape index (κ3) is 10.2. The second-order valence-corrected chi connectivity index (χ2v) is 8.31. The zero-order chi connectivity index (χ0) is 21.5. The number of rotatable bonds is 17. The van der Waals surface area contributed by atoms with E-state index in [0.29, 0.717) is 57.6 Å². The summed E-state index contributed by atoms with van der Waals surface area (Å²) in [5.41, 5.74) is 0.909. The summed E-state index contributed by atoms with van der Waals surface area (Å²) in [5, 5.41) is 0. The quantitative estimate of drug-likeness (QED) is 0.273. The van der Waals surface area contributed by atoms with Crippen LogP contribution in [-0.2, 0) is 34.3 Å². The molecule has 29 heavy (non-hydrogen) atoms. The average Bonchev–Trinajstić information content (AvgIpc) is 2.73. The van der Waals surface area contributed by atoms with Gasteiger partial charge in [-0.2, -0.15) is 0 Å². The monoisotopic (exact) mass is 432 g/mol. The highest BCUT2D eigenvalue weighted by molar-refractivity contribution is 7.54. The highest BCUT2D eigenvalue weighted by Crippen LogP contribution is 2.46. The summed E-state index contributed by atoms with van der Waals surface area (Å²) >= 11 is 0. The first kappa shape index (κ1) is 25.6. The summed E-state index contributed by atoms with van der Waals surface area (Å²) in [4.78, 5) is 12.1. The Morgan fingerprint density at radius 2 is 1.48 bits per heavy atom. The van der Waals surface area contributed by atoms with E-state index in [1.807, 2.05) is 32.0 Å². The van der Waals surface area contributed by atoms with Crippen molar-refractivity contribution in [2.45, 2.75) is 26.7 Å². The van der Waals surface area contributed by atoms with Crippen LogP contribution in [0.25, 0.3) is 0 Å². The first-order chi connectivity index (χ1) is 14.0. The summed E-state index contributed by atoms with van der Waals surface area (Å²) in [6.07, 6.45) is 0.462. The van der Waals surface area contributed by atoms with Crippen molar-refractivity contribution in [3.8, 4) is 11.5 Å². The van der Waals surface area contributed by atoms with Crippen molar-refractivity contribution < 1.29 is 37.4 Å². The first-order valence-electron chi connectivity index (χ1n) is 9.74. The van der Waals surface area contributed by atoms with Gasteiger partial charge >= 0.3 is 7.60 Å². The third-order valence-corrected chi connectivity index (χ3v) is 5.86. The van der Waals surface area contributed by atoms with E-state index in [1.54, 1.807) is 0 Å². The summed E-state index contributed by atoms with van der Waals surface area (Å²) in [6, 6.07) is 5.55. The van der Waals surface area contributed by atoms with E-state index in [9.17, 15) is 9.36 Å². The summed E-state index contributed by atoms with van der Waals surface area (Å²) in [5.74, 6) is 1.01. The van der Waals surface area contributed by atoms with Gasteiger partial charge in [-0.3, -0.25) is 9.36 Å². The second-order valence-electron chi connectivity index (χ2n) is 6.04. The Balaban J connectivity index is 2.71. The van der Waals surface area contributed by atoms with Crippen molar-refractivity contribution in [1.82, 2.24) is 0 Å². The number of hydrogen-bond acceptors (Lipinski definition) is 8. The van der Waals surface area contributed by atoms with Crippen molar-refractivity contribution in [2.24, 2.45) is 0 Å². The molecule has 0 heterocycles. The number of Topliss-reactive ketones (excluding diaryl/α,β-unsaturated/α-hetero) is 1. The normalized spacial score (nSPS) is 11.4. The van der Waals surface area contributed by atoms with Gasteiger partial charge in [-0.25, -0.2) is 0 Å². The summed E-state index contributed by atoms with van der Waals surface area (Å²) in [6.45, 7) is 6.87. The highest BCUT2D eigenvalue weighted by Gasteiger charge is 2.25. The van der Waals surface area contributed by atoms with Crippen LogP contribution in [0.3, 0.4) is 0 Å². The second kappa shape index (κ2) is 14.5. The van der Waals surface area contributed by atoms with Gasteiger partial charge < -0.3 is 28.0 Å². The number of carbonyl (C=O) groups excluding carboxylic acids is 1. The predicted molar refractivity (Wildman–Crippen MR) is 110 cm³/mol. The molecule has 0 aliphatic heterocycles. The summed E-state index contributed by atoms with van der Waals surface area (Å²) < 4.78 is 43.8. The smallest absolute Gasteiger partial charge is 0.337 e. The summed E-state index contributed by atoms with van der Waals surface area (Å²) in [7, 11) is -0.793. The van der Waals surface area contributed by atoms with Crippen molar-refractivity contribution in [2.75, 3.05) is 60.0 Å². The lowest BCUT2D eigenvalue weighted by atomic mass is 10.1. The van der Waals surface area contributed by atoms with Crippen molar-refractivity contribution >= 4 is 13.4 Å². The van der Waals surface area contributed by atoms with E-state index in [4.69, 9.17) is 28.0 Å². The minimum atomic E-state index is -3.34. The van der Waals surface area contributed by atoms with E-state index in [1.165, 1.54) is 14.2 Å². The minimum absolute atomic E-state index is 0.187. The Labute approximate surface area is 173 Å². The number of ketones is 1. The van der Waals surface area contributed by atoms with E-state index in [0.717, 1.165) is 5.56 Å². The van der Waals surface area contributed by atoms with Crippen molar-refractivity contribution in [3.05, 3.63) is 23.8 Å². The maximum absolute atomic E-state index is 12.1. The molecule has 0 saturated heterocycles. The van der Waals surface area contributed by atoms with E-state index in [2.05, 4.69) is 0 Å². The molecule has 1 aromatic carbocycles. The Kier molecular flexibility index (Phi) is 12.8. The Hall–Kier alpha value is -1.44. The maximum Gasteiger partial charge on any atom is 0.337 e. The third-order valence-electron chi connectivity index (χ3n) is 4.01. The van der Waals surface area contributed by atoms with Gasteiger partial charge in [-0.05, 0) is 38.0 Å². The van der Waals surface area contributed by atoms with Gasteiger partial charge in [-0.1, -0.05) is 6.07 Å². The maximum atomic E-state index is 12.1. The Bertz CT molecular complexity index is 641. The zero-order valence-corrected chi connectivity index (χ0v) is 18.7. The van der Waals surface area contributed by atoms with Gasteiger partial charge in [0.15, 0.2) is 11.5 Å². The molecule has 0 atom stereocenters. The fourth-order valence-corrected chi connectivity index (χ4v) is 3.43. The van der Waals surface area contributed by atoms with Crippen LogP contribution in [0.15, 0.2) is 18.2 Å². The average molecular weight is 432 g/mol. The van der Waals surface area contributed by atoms with Crippen LogP contribution in [0.2, 0.25) is 0 Å². The van der Waals surface area contributed by atoms with E-state index in [-0.39, 0.29) is 18.4 Å². The standard InChI is InChI=1S/C20H33O8P/c1-5-25-11-13-27-19-10-8-17(15-20(19)28-14-12-26-6-2)7-9-18(21)16-29(22,23-3)24-4/h8,10,15H,5-7,9,11-14,16H2,1-4H3. The van der Waals surface area contributed by atoms with Crippen molar-refractivity contribution in [3.63, 3.8) is 0 Å². The van der Waals surface area contributed by atoms with Crippen LogP contribution in [0.5, 0.6) is 11.5 Å². The number of benzene rings is 1. The molecule has 9 heteroatoms. The van der Waals surface area contributed by atoms with Gasteiger partial charge in [0.2, 0.25) is 0 Å². The molecule has 0 aliphatic carbocycles. The Morgan fingerprint density at radius 1 is 0.897 bits per heavy atom. The number of ether oxygens (including phenoxy) is 4. The fourth-order valence-electron chi connectivity index (χ4n) is 2.43. The van der Waals surface area contributed by atoms with Gasteiger partial charge in [0.25, 0.3) is 0 Å². The molecule has 166 valence electrons. The number of aryl methyl sites for hydroxylation is 1. The molecule has 1 rings (SSSR count). The molecule has 1 aromatic rings. The lowest BCUT2D eigenvalue weighted by Gasteiger charge is -2.15. The van der Waals surface area contributed by atoms with Gasteiger partial charge in [-0.15, -0.1) is 0 Å². The topological polar surface area (TPSA) is 89.5 Å². The van der Waals surface area contributed by atoms with Crippen molar-refractivity contribution in [1.29, 1.82) is 0 Å². The molecule has 0 radical (unpaired) electrons. The van der Waals surface area contributed by atoms with Gasteiger partial charge in [0, 0.05) is 33.9 Å². The molecule has 0 spiro atoms. The van der Waals surface area contributed by atoms with Crippen LogP contribution in [0.4, 0.5) is 0 Å². The largest absolute Gasteiger partial charge is 0.487 e. The van der Waals surface area contributed by atoms with Crippen LogP contribution >= 0.6 is 7.60 Å². The van der Waals surface area contributed by atoms with Gasteiger partial charge in [0.1, 0.15) is 25.2 Å². The number of hydrogen-bond donors (Lipinski definition) is 0. The molecular weight excluding hydrogens is 399 g/mol. The van der Waals surface area contributed by atoms with E-state index < -0.39 is 7.60 Å². The highest BCUT2D eigenvalue weighted by atomic mass is 31.2. The van der Waals surface area contributed by atoms with Crippen LogP contribution in [-0.4, -0.2) is 65.8 Å². The predicted octanol–water partition coefficient (Wildman–Crippen LogP) is 3.50. The van der Waals surface area contributed by atoms with Crippen LogP contribution in [0, 0.1) is 0 Å². The molecule has 0 saturated carbocycles. The molecule has 0 amide bonds. The molecule has 0 N–H and O–H groups in total. The number of carbonyl (C=O) groups is 1. The molecular formula is C20H33O8P. The first-order valence-corrected chi connectivity index (χ1v) is 11.5. The molecule has 0 bridgehead atoms. The molecule has 0 aromatic heterocycles. The minimum Gasteiger partial charge on any atom is -0.487 e. The van der Waals surface area contributed by atoms with Gasteiger partial charge in [0.05, 0.1) is 13.2 Å².